The summed E-state index contributed by atoms with van der Waals surface area (Å²) < 4.78 is 6.53. The molecule has 1 atom stereocenters. The van der Waals surface area contributed by atoms with Gasteiger partial charge in [-0.05, 0) is 24.3 Å². The Morgan fingerprint density at radius 2 is 2.28 bits per heavy atom. The normalized spacial score (nSPS) is 11.9. The maximum atomic E-state index is 12.2. The van der Waals surface area contributed by atoms with Crippen LogP contribution < -0.4 is 5.32 Å². The van der Waals surface area contributed by atoms with Crippen LogP contribution in [-0.4, -0.2) is 32.0 Å². The quantitative estimate of drug-likeness (QED) is 0.520. The molecule has 128 valence electrons. The Hall–Kier alpha value is -3.46. The number of hydrogen-bond donors (Lipinski definition) is 2. The molecule has 0 saturated heterocycles. The molecule has 1 aromatic carbocycles. The molecule has 0 bridgehead atoms. The van der Waals surface area contributed by atoms with E-state index in [1.54, 1.807) is 18.3 Å². The first-order valence-electron chi connectivity index (χ1n) is 7.32. The third-order valence-electron chi connectivity index (χ3n) is 3.54. The van der Waals surface area contributed by atoms with Gasteiger partial charge in [0.05, 0.1) is 24.1 Å². The number of amides is 1. The number of carbonyl (C=O) groups excluding carboxylic acids is 1. The van der Waals surface area contributed by atoms with E-state index in [0.29, 0.717) is 11.4 Å². The molecule has 9 nitrogen and oxygen atoms in total. The number of hydrogen-bond acceptors (Lipinski definition) is 6. The molecule has 9 heteroatoms. The lowest BCUT2D eigenvalue weighted by atomic mass is 10.1. The summed E-state index contributed by atoms with van der Waals surface area (Å²) >= 11 is 0. The van der Waals surface area contributed by atoms with E-state index in [1.807, 2.05) is 0 Å². The summed E-state index contributed by atoms with van der Waals surface area (Å²) in [6.45, 7) is -0.0799. The highest BCUT2D eigenvalue weighted by Crippen LogP contribution is 2.24. The van der Waals surface area contributed by atoms with Crippen molar-refractivity contribution in [3.8, 4) is 5.69 Å². The minimum atomic E-state index is -1.00. The fourth-order valence-corrected chi connectivity index (χ4v) is 2.30. The number of benzene rings is 1. The van der Waals surface area contributed by atoms with Crippen molar-refractivity contribution in [3.63, 3.8) is 0 Å². The van der Waals surface area contributed by atoms with Crippen LogP contribution in [0.3, 0.4) is 0 Å². The molecule has 2 heterocycles. The second-order valence-electron chi connectivity index (χ2n) is 5.17. The number of aliphatic hydroxyl groups excluding tert-OH is 1. The predicted octanol–water partition coefficient (Wildman–Crippen LogP) is 1.84. The van der Waals surface area contributed by atoms with E-state index in [0.717, 1.165) is 0 Å². The molecule has 3 rings (SSSR count). The Bertz CT molecular complexity index is 874. The summed E-state index contributed by atoms with van der Waals surface area (Å²) in [5.74, 6) is -0.215. The number of aromatic nitrogens is 2. The van der Waals surface area contributed by atoms with Gasteiger partial charge < -0.3 is 19.4 Å². The molecule has 0 saturated carbocycles. The first-order chi connectivity index (χ1) is 12.1. The minimum absolute atomic E-state index is 0.0799. The Labute approximate surface area is 141 Å². The Kier molecular flexibility index (Phi) is 4.57. The van der Waals surface area contributed by atoms with Crippen molar-refractivity contribution in [1.29, 1.82) is 0 Å². The number of aliphatic hydroxyl groups is 1. The molecular formula is C16H14N4O5. The van der Waals surface area contributed by atoms with Crippen molar-refractivity contribution in [2.45, 2.75) is 6.10 Å². The van der Waals surface area contributed by atoms with Gasteiger partial charge in [-0.2, -0.15) is 0 Å². The number of imidazole rings is 1. The third-order valence-corrected chi connectivity index (χ3v) is 3.54. The van der Waals surface area contributed by atoms with Crippen LogP contribution in [0, 0.1) is 10.1 Å². The summed E-state index contributed by atoms with van der Waals surface area (Å²) in [7, 11) is 0. The van der Waals surface area contributed by atoms with Gasteiger partial charge in [-0.25, -0.2) is 4.98 Å². The van der Waals surface area contributed by atoms with E-state index < -0.39 is 16.9 Å². The summed E-state index contributed by atoms with van der Waals surface area (Å²) in [6.07, 6.45) is 4.92. The first-order valence-corrected chi connectivity index (χ1v) is 7.32. The van der Waals surface area contributed by atoms with Crippen LogP contribution in [-0.2, 0) is 0 Å². The van der Waals surface area contributed by atoms with Crippen LogP contribution in [0.4, 0.5) is 5.69 Å². The zero-order valence-corrected chi connectivity index (χ0v) is 12.9. The van der Waals surface area contributed by atoms with Crippen molar-refractivity contribution in [2.24, 2.45) is 0 Å². The number of nitrogens with one attached hydrogen (secondary N) is 1. The fourth-order valence-electron chi connectivity index (χ4n) is 2.30. The molecule has 3 aromatic rings. The summed E-state index contributed by atoms with van der Waals surface area (Å²) in [5.41, 5.74) is 0.189. The van der Waals surface area contributed by atoms with Crippen molar-refractivity contribution < 1.29 is 19.2 Å². The van der Waals surface area contributed by atoms with Gasteiger partial charge in [-0.1, -0.05) is 0 Å². The van der Waals surface area contributed by atoms with Crippen LogP contribution in [0.15, 0.2) is 59.7 Å². The molecule has 2 N–H and O–H groups in total. The molecule has 1 amide bonds. The lowest BCUT2D eigenvalue weighted by Crippen LogP contribution is -2.28. The largest absolute Gasteiger partial charge is 0.467 e. The van der Waals surface area contributed by atoms with E-state index in [1.165, 1.54) is 41.6 Å². The smallest absolute Gasteiger partial charge is 0.294 e. The van der Waals surface area contributed by atoms with E-state index in [2.05, 4.69) is 10.3 Å². The maximum Gasteiger partial charge on any atom is 0.294 e. The van der Waals surface area contributed by atoms with Gasteiger partial charge in [0.25, 0.3) is 11.6 Å². The standard InChI is InChI=1S/C16H14N4O5/c21-14(15-2-1-7-25-15)9-18-16(22)11-3-4-12(13(8-11)20(23)24)19-6-5-17-10-19/h1-8,10,14,21H,9H2,(H,18,22). The highest BCUT2D eigenvalue weighted by molar-refractivity contribution is 5.95. The van der Waals surface area contributed by atoms with Crippen molar-refractivity contribution in [2.75, 3.05) is 6.54 Å². The SMILES string of the molecule is O=C(NCC(O)c1ccco1)c1ccc(-n2ccnc2)c([N+](=O)[O-])c1. The summed E-state index contributed by atoms with van der Waals surface area (Å²) in [4.78, 5) is 26.8. The molecular weight excluding hydrogens is 328 g/mol. The average molecular weight is 342 g/mol. The first kappa shape index (κ1) is 16.4. The van der Waals surface area contributed by atoms with Crippen LogP contribution in [0.5, 0.6) is 0 Å². The zero-order valence-electron chi connectivity index (χ0n) is 12.9. The van der Waals surface area contributed by atoms with Gasteiger partial charge in [0.1, 0.15) is 17.6 Å². The van der Waals surface area contributed by atoms with Crippen LogP contribution in [0.2, 0.25) is 0 Å². The van der Waals surface area contributed by atoms with E-state index >= 15 is 0 Å². The Balaban J connectivity index is 1.77. The van der Waals surface area contributed by atoms with Gasteiger partial charge in [0, 0.05) is 24.0 Å². The maximum absolute atomic E-state index is 12.2. The third kappa shape index (κ3) is 3.56. The average Bonchev–Trinajstić information content (AvgIpc) is 3.32. The molecule has 25 heavy (non-hydrogen) atoms. The molecule has 0 fully saturated rings. The number of nitro groups is 1. The molecule has 2 aromatic heterocycles. The molecule has 0 aliphatic rings. The molecule has 0 aliphatic carbocycles. The second kappa shape index (κ2) is 6.97. The Morgan fingerprint density at radius 1 is 1.44 bits per heavy atom. The lowest BCUT2D eigenvalue weighted by Gasteiger charge is -2.10. The summed E-state index contributed by atoms with van der Waals surface area (Å²) in [6, 6.07) is 7.33. The number of nitro benzene ring substituents is 1. The van der Waals surface area contributed by atoms with Crippen LogP contribution >= 0.6 is 0 Å². The van der Waals surface area contributed by atoms with E-state index in [-0.39, 0.29) is 17.8 Å². The fraction of sp³-hybridized carbons (Fsp3) is 0.125. The Morgan fingerprint density at radius 3 is 2.92 bits per heavy atom. The van der Waals surface area contributed by atoms with E-state index in [9.17, 15) is 20.0 Å². The molecule has 0 aliphatic heterocycles. The second-order valence-corrected chi connectivity index (χ2v) is 5.17. The molecule has 1 unspecified atom stereocenters. The summed E-state index contributed by atoms with van der Waals surface area (Å²) in [5, 5.41) is 23.7. The zero-order chi connectivity index (χ0) is 17.8. The highest BCUT2D eigenvalue weighted by Gasteiger charge is 2.19. The van der Waals surface area contributed by atoms with Gasteiger partial charge in [-0.3, -0.25) is 14.9 Å². The van der Waals surface area contributed by atoms with Crippen LogP contribution in [0.25, 0.3) is 5.69 Å². The van der Waals surface area contributed by atoms with Gasteiger partial charge >= 0.3 is 0 Å². The number of furan rings is 1. The number of rotatable bonds is 6. The van der Waals surface area contributed by atoms with Crippen molar-refractivity contribution in [3.05, 3.63) is 76.8 Å². The van der Waals surface area contributed by atoms with Gasteiger partial charge in [-0.15, -0.1) is 0 Å². The van der Waals surface area contributed by atoms with Crippen molar-refractivity contribution >= 4 is 11.6 Å². The lowest BCUT2D eigenvalue weighted by molar-refractivity contribution is -0.384. The molecule has 0 radical (unpaired) electrons. The van der Waals surface area contributed by atoms with Gasteiger partial charge in [0.2, 0.25) is 0 Å². The van der Waals surface area contributed by atoms with Gasteiger partial charge in [0.15, 0.2) is 0 Å². The van der Waals surface area contributed by atoms with Crippen LogP contribution in [0.1, 0.15) is 22.2 Å². The highest BCUT2D eigenvalue weighted by atomic mass is 16.6. The number of carbonyl (C=O) groups is 1. The number of nitrogens with zero attached hydrogens (tertiary/aromatic N) is 3. The minimum Gasteiger partial charge on any atom is -0.467 e. The molecule has 0 spiro atoms. The predicted molar refractivity (Wildman–Crippen MR) is 86.2 cm³/mol. The topological polar surface area (TPSA) is 123 Å². The van der Waals surface area contributed by atoms with Crippen molar-refractivity contribution in [1.82, 2.24) is 14.9 Å². The monoisotopic (exact) mass is 342 g/mol. The van der Waals surface area contributed by atoms with E-state index in [4.69, 9.17) is 4.42 Å².